The Morgan fingerprint density at radius 2 is 1.86 bits per heavy atom. The Kier molecular flexibility index (Phi) is 5.63. The summed E-state index contributed by atoms with van der Waals surface area (Å²) in [6.45, 7) is 0.254. The smallest absolute Gasteiger partial charge is 0.314 e. The summed E-state index contributed by atoms with van der Waals surface area (Å²) in [5.74, 6) is 1.27. The number of carbonyl (C=O) groups excluding carboxylic acids is 1. The fourth-order valence-electron chi connectivity index (χ4n) is 1.69. The topological polar surface area (TPSA) is 44.8 Å². The van der Waals surface area contributed by atoms with Gasteiger partial charge in [0.25, 0.3) is 0 Å². The minimum absolute atomic E-state index is 0.157. The number of benzene rings is 2. The molecule has 2 rings (SSSR count). The summed E-state index contributed by atoms with van der Waals surface area (Å²) in [7, 11) is 1.53. The van der Waals surface area contributed by atoms with Gasteiger partial charge in [0.1, 0.15) is 5.75 Å². The molecule has 5 heteroatoms. The van der Waals surface area contributed by atoms with Crippen LogP contribution in [-0.2, 0) is 4.79 Å². The van der Waals surface area contributed by atoms with Gasteiger partial charge in [-0.2, -0.15) is 0 Å². The van der Waals surface area contributed by atoms with E-state index in [0.29, 0.717) is 17.2 Å². The number of carbonyl (C=O) groups is 1. The fraction of sp³-hybridized carbons (Fsp3) is 0.188. The van der Waals surface area contributed by atoms with Gasteiger partial charge in [-0.25, -0.2) is 0 Å². The first-order chi connectivity index (χ1) is 10.2. The van der Waals surface area contributed by atoms with E-state index in [1.165, 1.54) is 7.11 Å². The van der Waals surface area contributed by atoms with Crippen LogP contribution in [0.5, 0.6) is 17.2 Å². The third kappa shape index (κ3) is 4.79. The molecule has 0 atom stereocenters. The number of halogens is 1. The molecule has 0 saturated carbocycles. The van der Waals surface area contributed by atoms with E-state index in [4.69, 9.17) is 14.2 Å². The van der Waals surface area contributed by atoms with Crippen molar-refractivity contribution < 1.29 is 19.0 Å². The highest BCUT2D eigenvalue weighted by atomic mass is 79.9. The van der Waals surface area contributed by atoms with E-state index in [2.05, 4.69) is 15.9 Å². The minimum Gasteiger partial charge on any atom is -0.493 e. The molecule has 0 radical (unpaired) electrons. The van der Waals surface area contributed by atoms with Crippen molar-refractivity contribution in [2.24, 2.45) is 0 Å². The van der Waals surface area contributed by atoms with Crippen LogP contribution in [0.2, 0.25) is 0 Å². The second-order valence-electron chi connectivity index (χ2n) is 4.18. The summed E-state index contributed by atoms with van der Waals surface area (Å²) in [5.41, 5.74) is 0. The van der Waals surface area contributed by atoms with Crippen LogP contribution in [0.15, 0.2) is 53.0 Å². The van der Waals surface area contributed by atoms with Crippen molar-refractivity contribution in [2.45, 2.75) is 6.42 Å². The molecule has 0 aliphatic carbocycles. The molecule has 0 unspecified atom stereocenters. The molecule has 0 aliphatic rings. The molecule has 0 spiro atoms. The van der Waals surface area contributed by atoms with Crippen molar-refractivity contribution in [2.75, 3.05) is 13.7 Å². The van der Waals surface area contributed by atoms with Gasteiger partial charge < -0.3 is 14.2 Å². The average Bonchev–Trinajstić information content (AvgIpc) is 2.48. The lowest BCUT2D eigenvalue weighted by Crippen LogP contribution is -2.13. The Hall–Kier alpha value is -2.01. The molecule has 0 bridgehead atoms. The number of esters is 1. The van der Waals surface area contributed by atoms with Gasteiger partial charge in [-0.1, -0.05) is 34.1 Å². The largest absolute Gasteiger partial charge is 0.493 e. The van der Waals surface area contributed by atoms with Crippen molar-refractivity contribution in [3.05, 3.63) is 53.0 Å². The Labute approximate surface area is 131 Å². The molecule has 0 N–H and O–H groups in total. The Morgan fingerprint density at radius 3 is 2.57 bits per heavy atom. The molecule has 0 aromatic heterocycles. The zero-order valence-corrected chi connectivity index (χ0v) is 13.1. The summed E-state index contributed by atoms with van der Waals surface area (Å²) in [4.78, 5) is 11.8. The van der Waals surface area contributed by atoms with E-state index in [1.807, 2.05) is 30.3 Å². The molecule has 110 valence electrons. The van der Waals surface area contributed by atoms with Crippen LogP contribution in [0, 0.1) is 0 Å². The highest BCUT2D eigenvalue weighted by Gasteiger charge is 2.09. The van der Waals surface area contributed by atoms with E-state index < -0.39 is 0 Å². The SMILES string of the molecule is COc1ccccc1OC(=O)CCOc1cccc(Br)c1. The molecular formula is C16H15BrO4. The predicted octanol–water partition coefficient (Wildman–Crippen LogP) is 3.83. The molecule has 21 heavy (non-hydrogen) atoms. The average molecular weight is 351 g/mol. The van der Waals surface area contributed by atoms with Gasteiger partial charge in [-0.05, 0) is 30.3 Å². The molecule has 2 aromatic rings. The number of ether oxygens (including phenoxy) is 3. The number of methoxy groups -OCH3 is 1. The lowest BCUT2D eigenvalue weighted by atomic mass is 10.3. The van der Waals surface area contributed by atoms with Crippen LogP contribution in [0.25, 0.3) is 0 Å². The molecule has 0 aliphatic heterocycles. The van der Waals surface area contributed by atoms with Gasteiger partial charge in [-0.3, -0.25) is 4.79 Å². The number of rotatable bonds is 6. The summed E-state index contributed by atoms with van der Waals surface area (Å²) in [6.07, 6.45) is 0.157. The third-order valence-corrected chi connectivity index (χ3v) is 3.16. The zero-order chi connectivity index (χ0) is 15.1. The quantitative estimate of drug-likeness (QED) is 0.586. The lowest BCUT2D eigenvalue weighted by Gasteiger charge is -2.09. The van der Waals surface area contributed by atoms with Crippen molar-refractivity contribution >= 4 is 21.9 Å². The first-order valence-electron chi connectivity index (χ1n) is 6.41. The fourth-order valence-corrected chi connectivity index (χ4v) is 2.06. The first-order valence-corrected chi connectivity index (χ1v) is 7.20. The van der Waals surface area contributed by atoms with Gasteiger partial charge in [0, 0.05) is 4.47 Å². The number of para-hydroxylation sites is 2. The van der Waals surface area contributed by atoms with Gasteiger partial charge in [0.05, 0.1) is 20.1 Å². The van der Waals surface area contributed by atoms with Crippen LogP contribution in [-0.4, -0.2) is 19.7 Å². The first kappa shape index (κ1) is 15.4. The maximum absolute atomic E-state index is 11.8. The van der Waals surface area contributed by atoms with E-state index in [0.717, 1.165) is 4.47 Å². The van der Waals surface area contributed by atoms with Crippen LogP contribution < -0.4 is 14.2 Å². The summed E-state index contributed by atoms with van der Waals surface area (Å²) in [6, 6.07) is 14.5. The second kappa shape index (κ2) is 7.69. The standard InChI is InChI=1S/C16H15BrO4/c1-19-14-7-2-3-8-15(14)21-16(18)9-10-20-13-6-4-5-12(17)11-13/h2-8,11H,9-10H2,1H3. The van der Waals surface area contributed by atoms with Gasteiger partial charge in [0.2, 0.25) is 0 Å². The Bertz CT molecular complexity index is 613. The molecule has 0 saturated heterocycles. The Balaban J connectivity index is 1.82. The van der Waals surface area contributed by atoms with Crippen LogP contribution in [0.3, 0.4) is 0 Å². The summed E-state index contributed by atoms with van der Waals surface area (Å²) >= 11 is 3.36. The summed E-state index contributed by atoms with van der Waals surface area (Å²) in [5, 5.41) is 0. The van der Waals surface area contributed by atoms with Gasteiger partial charge in [-0.15, -0.1) is 0 Å². The molecule has 4 nitrogen and oxygen atoms in total. The van der Waals surface area contributed by atoms with Gasteiger partial charge >= 0.3 is 5.97 Å². The molecule has 0 amide bonds. The normalized spacial score (nSPS) is 10.0. The Morgan fingerprint density at radius 1 is 1.10 bits per heavy atom. The number of hydrogen-bond acceptors (Lipinski definition) is 4. The molecule has 2 aromatic carbocycles. The van der Waals surface area contributed by atoms with E-state index in [9.17, 15) is 4.79 Å². The van der Waals surface area contributed by atoms with Crippen molar-refractivity contribution in [1.29, 1.82) is 0 Å². The zero-order valence-electron chi connectivity index (χ0n) is 11.5. The van der Waals surface area contributed by atoms with E-state index in [-0.39, 0.29) is 19.0 Å². The maximum Gasteiger partial charge on any atom is 0.314 e. The van der Waals surface area contributed by atoms with Crippen molar-refractivity contribution in [3.63, 3.8) is 0 Å². The summed E-state index contributed by atoms with van der Waals surface area (Å²) < 4.78 is 16.8. The highest BCUT2D eigenvalue weighted by Crippen LogP contribution is 2.26. The van der Waals surface area contributed by atoms with Crippen LogP contribution >= 0.6 is 15.9 Å². The van der Waals surface area contributed by atoms with Crippen LogP contribution in [0.4, 0.5) is 0 Å². The van der Waals surface area contributed by atoms with Gasteiger partial charge in [0.15, 0.2) is 11.5 Å². The monoisotopic (exact) mass is 350 g/mol. The third-order valence-electron chi connectivity index (χ3n) is 2.66. The van der Waals surface area contributed by atoms with Crippen molar-refractivity contribution in [1.82, 2.24) is 0 Å². The highest BCUT2D eigenvalue weighted by molar-refractivity contribution is 9.10. The molecular weight excluding hydrogens is 336 g/mol. The predicted molar refractivity (Wildman–Crippen MR) is 82.9 cm³/mol. The van der Waals surface area contributed by atoms with Crippen LogP contribution in [0.1, 0.15) is 6.42 Å². The van der Waals surface area contributed by atoms with E-state index >= 15 is 0 Å². The molecule has 0 heterocycles. The minimum atomic E-state index is -0.366. The lowest BCUT2D eigenvalue weighted by molar-refractivity contribution is -0.135. The number of hydrogen-bond donors (Lipinski definition) is 0. The van der Waals surface area contributed by atoms with E-state index in [1.54, 1.807) is 18.2 Å². The molecule has 0 fully saturated rings. The maximum atomic E-state index is 11.8. The van der Waals surface area contributed by atoms with Crippen molar-refractivity contribution in [3.8, 4) is 17.2 Å². The second-order valence-corrected chi connectivity index (χ2v) is 5.10.